The highest BCUT2D eigenvalue weighted by atomic mass is 16.1. The Balaban J connectivity index is 1.70. The number of nitrogens with zero attached hydrogens (tertiary/aromatic N) is 2. The summed E-state index contributed by atoms with van der Waals surface area (Å²) in [5, 5.41) is 9.98. The van der Waals surface area contributed by atoms with E-state index in [0.717, 1.165) is 33.8 Å². The second-order valence-corrected chi connectivity index (χ2v) is 5.52. The van der Waals surface area contributed by atoms with Crippen LogP contribution in [0.4, 0.5) is 0 Å². The van der Waals surface area contributed by atoms with E-state index in [4.69, 9.17) is 0 Å². The molecule has 2 heterocycles. The molecule has 1 amide bonds. The van der Waals surface area contributed by atoms with Gasteiger partial charge in [-0.15, -0.1) is 0 Å². The summed E-state index contributed by atoms with van der Waals surface area (Å²) in [7, 11) is 0. The number of amides is 1. The van der Waals surface area contributed by atoms with Gasteiger partial charge in [-0.25, -0.2) is 4.98 Å². The molecule has 0 unspecified atom stereocenters. The molecule has 3 rings (SSSR count). The molecule has 0 saturated carbocycles. The Kier molecular flexibility index (Phi) is 3.66. The summed E-state index contributed by atoms with van der Waals surface area (Å²) in [4.78, 5) is 20.0. The van der Waals surface area contributed by atoms with Gasteiger partial charge in [0.1, 0.15) is 5.82 Å². The average molecular weight is 297 g/mol. The first-order valence-corrected chi connectivity index (χ1v) is 7.29. The van der Waals surface area contributed by atoms with Crippen molar-refractivity contribution in [1.82, 2.24) is 25.5 Å². The lowest BCUT2D eigenvalue weighted by molar-refractivity contribution is -0.121. The molecule has 22 heavy (non-hydrogen) atoms. The second-order valence-electron chi connectivity index (χ2n) is 5.52. The van der Waals surface area contributed by atoms with Crippen molar-refractivity contribution < 1.29 is 4.79 Å². The van der Waals surface area contributed by atoms with Gasteiger partial charge < -0.3 is 10.3 Å². The lowest BCUT2D eigenvalue weighted by atomic mass is 10.1. The molecule has 0 radical (unpaired) electrons. The van der Waals surface area contributed by atoms with E-state index in [2.05, 4.69) is 25.5 Å². The number of fused-ring (bicyclic) bond motifs is 1. The first-order chi connectivity index (χ1) is 10.5. The van der Waals surface area contributed by atoms with Crippen molar-refractivity contribution in [3.05, 3.63) is 47.0 Å². The minimum Gasteiger partial charge on any atom is -0.346 e. The van der Waals surface area contributed by atoms with Crippen molar-refractivity contribution in [2.45, 2.75) is 33.2 Å². The van der Waals surface area contributed by atoms with Crippen molar-refractivity contribution >= 4 is 16.9 Å². The van der Waals surface area contributed by atoms with Gasteiger partial charge in [0, 0.05) is 11.3 Å². The van der Waals surface area contributed by atoms with Crippen LogP contribution in [-0.2, 0) is 11.2 Å². The van der Waals surface area contributed by atoms with Crippen LogP contribution in [-0.4, -0.2) is 26.1 Å². The highest BCUT2D eigenvalue weighted by molar-refractivity contribution is 5.80. The van der Waals surface area contributed by atoms with E-state index in [-0.39, 0.29) is 11.9 Å². The fourth-order valence-electron chi connectivity index (χ4n) is 2.53. The van der Waals surface area contributed by atoms with Gasteiger partial charge >= 0.3 is 0 Å². The number of hydrogen-bond donors (Lipinski definition) is 3. The molecular weight excluding hydrogens is 278 g/mol. The summed E-state index contributed by atoms with van der Waals surface area (Å²) >= 11 is 0. The maximum atomic E-state index is 12.2. The van der Waals surface area contributed by atoms with Gasteiger partial charge in [0.15, 0.2) is 0 Å². The number of rotatable bonds is 4. The molecule has 3 aromatic rings. The first kappa shape index (κ1) is 14.3. The first-order valence-electron chi connectivity index (χ1n) is 7.29. The Morgan fingerprint density at radius 3 is 2.77 bits per heavy atom. The Hall–Kier alpha value is -2.63. The molecule has 0 fully saturated rings. The summed E-state index contributed by atoms with van der Waals surface area (Å²) in [6, 6.07) is 7.65. The SMILES string of the molecule is Cc1n[nH]c(C)c1CC(=O)N[C@H](C)c1nc2ccccc2[nH]1. The fraction of sp³-hybridized carbons (Fsp3) is 0.312. The van der Waals surface area contributed by atoms with Crippen LogP contribution in [0.25, 0.3) is 11.0 Å². The maximum Gasteiger partial charge on any atom is 0.225 e. The van der Waals surface area contributed by atoms with E-state index in [1.807, 2.05) is 45.0 Å². The number of carbonyl (C=O) groups is 1. The molecule has 0 aliphatic rings. The summed E-state index contributed by atoms with van der Waals surface area (Å²) in [5.41, 5.74) is 4.63. The molecule has 0 spiro atoms. The van der Waals surface area contributed by atoms with Crippen LogP contribution >= 0.6 is 0 Å². The van der Waals surface area contributed by atoms with Gasteiger partial charge in [-0.2, -0.15) is 5.10 Å². The van der Waals surface area contributed by atoms with Crippen LogP contribution in [0.5, 0.6) is 0 Å². The zero-order chi connectivity index (χ0) is 15.7. The van der Waals surface area contributed by atoms with E-state index >= 15 is 0 Å². The van der Waals surface area contributed by atoms with Gasteiger partial charge in [0.25, 0.3) is 0 Å². The van der Waals surface area contributed by atoms with Crippen LogP contribution in [0.3, 0.4) is 0 Å². The van der Waals surface area contributed by atoms with Crippen LogP contribution in [0.2, 0.25) is 0 Å². The van der Waals surface area contributed by atoms with Gasteiger partial charge in [-0.3, -0.25) is 9.89 Å². The number of H-pyrrole nitrogens is 2. The van der Waals surface area contributed by atoms with Crippen LogP contribution in [0.15, 0.2) is 24.3 Å². The molecule has 0 aliphatic carbocycles. The highest BCUT2D eigenvalue weighted by Crippen LogP contribution is 2.16. The number of nitrogens with one attached hydrogen (secondary N) is 3. The summed E-state index contributed by atoms with van der Waals surface area (Å²) in [6.07, 6.45) is 0.318. The van der Waals surface area contributed by atoms with Gasteiger partial charge in [-0.1, -0.05) is 12.1 Å². The highest BCUT2D eigenvalue weighted by Gasteiger charge is 2.16. The number of para-hydroxylation sites is 2. The molecule has 0 aliphatic heterocycles. The van der Waals surface area contributed by atoms with Crippen LogP contribution in [0.1, 0.15) is 35.7 Å². The Bertz CT molecular complexity index is 764. The quantitative estimate of drug-likeness (QED) is 0.690. The van der Waals surface area contributed by atoms with Crippen molar-refractivity contribution in [2.24, 2.45) is 0 Å². The molecule has 6 nitrogen and oxygen atoms in total. The molecule has 6 heteroatoms. The molecule has 0 bridgehead atoms. The molecular formula is C16H19N5O. The molecule has 1 aromatic carbocycles. The largest absolute Gasteiger partial charge is 0.346 e. The normalized spacial score (nSPS) is 12.5. The standard InChI is InChI=1S/C16H19N5O/c1-9-12(10(2)21-20-9)8-15(22)17-11(3)16-18-13-6-4-5-7-14(13)19-16/h4-7,11H,8H2,1-3H3,(H,17,22)(H,18,19)(H,20,21)/t11-/m1/s1. The number of aromatic amines is 2. The molecule has 2 aromatic heterocycles. The van der Waals surface area contributed by atoms with E-state index in [1.54, 1.807) is 0 Å². The van der Waals surface area contributed by atoms with Gasteiger partial charge in [0.05, 0.1) is 29.2 Å². The number of aromatic nitrogens is 4. The lowest BCUT2D eigenvalue weighted by Crippen LogP contribution is -2.29. The van der Waals surface area contributed by atoms with Gasteiger partial charge in [0.2, 0.25) is 5.91 Å². The third-order valence-electron chi connectivity index (χ3n) is 3.81. The zero-order valence-corrected chi connectivity index (χ0v) is 12.9. The summed E-state index contributed by atoms with van der Waals surface area (Å²) < 4.78 is 0. The minimum atomic E-state index is -0.174. The van der Waals surface area contributed by atoms with E-state index < -0.39 is 0 Å². The van der Waals surface area contributed by atoms with Crippen molar-refractivity contribution in [1.29, 1.82) is 0 Å². The van der Waals surface area contributed by atoms with E-state index in [9.17, 15) is 4.79 Å². The zero-order valence-electron chi connectivity index (χ0n) is 12.9. The number of imidazole rings is 1. The molecule has 0 saturated heterocycles. The predicted molar refractivity (Wildman–Crippen MR) is 84.4 cm³/mol. The second kappa shape index (κ2) is 5.63. The third-order valence-corrected chi connectivity index (χ3v) is 3.81. The monoisotopic (exact) mass is 297 g/mol. The fourth-order valence-corrected chi connectivity index (χ4v) is 2.53. The smallest absolute Gasteiger partial charge is 0.225 e. The third kappa shape index (κ3) is 2.72. The molecule has 3 N–H and O–H groups in total. The lowest BCUT2D eigenvalue weighted by Gasteiger charge is -2.11. The summed E-state index contributed by atoms with van der Waals surface area (Å²) in [5.74, 6) is 0.718. The van der Waals surface area contributed by atoms with Crippen molar-refractivity contribution in [3.8, 4) is 0 Å². The topological polar surface area (TPSA) is 86.5 Å². The van der Waals surface area contributed by atoms with E-state index in [0.29, 0.717) is 6.42 Å². The van der Waals surface area contributed by atoms with Gasteiger partial charge in [-0.05, 0) is 32.9 Å². The van der Waals surface area contributed by atoms with E-state index in [1.165, 1.54) is 0 Å². The predicted octanol–water partition coefficient (Wildman–Crippen LogP) is 2.32. The van der Waals surface area contributed by atoms with Crippen LogP contribution < -0.4 is 5.32 Å². The average Bonchev–Trinajstić information content (AvgIpc) is 3.05. The van der Waals surface area contributed by atoms with Crippen molar-refractivity contribution in [3.63, 3.8) is 0 Å². The Labute approximate surface area is 128 Å². The summed E-state index contributed by atoms with van der Waals surface area (Å²) in [6.45, 7) is 5.74. The number of aryl methyl sites for hydroxylation is 2. The number of carbonyl (C=O) groups excluding carboxylic acids is 1. The number of benzene rings is 1. The molecule has 1 atom stereocenters. The maximum absolute atomic E-state index is 12.2. The Morgan fingerprint density at radius 1 is 1.32 bits per heavy atom. The van der Waals surface area contributed by atoms with Crippen molar-refractivity contribution in [2.75, 3.05) is 0 Å². The molecule has 114 valence electrons. The minimum absolute atomic E-state index is 0.0412. The van der Waals surface area contributed by atoms with Crippen LogP contribution in [0, 0.1) is 13.8 Å². The number of hydrogen-bond acceptors (Lipinski definition) is 3. The Morgan fingerprint density at radius 2 is 2.09 bits per heavy atom.